The molecular formula is C24H23N5O3. The Morgan fingerprint density at radius 1 is 1.03 bits per heavy atom. The van der Waals surface area contributed by atoms with Crippen molar-refractivity contribution < 1.29 is 14.1 Å². The number of fused-ring (bicyclic) bond motifs is 1. The molecule has 2 aromatic carbocycles. The number of carbonyl (C=O) groups excluding carboxylic acids is 2. The molecule has 0 unspecified atom stereocenters. The first-order valence-corrected chi connectivity index (χ1v) is 10.7. The third-order valence-corrected chi connectivity index (χ3v) is 5.71. The number of hydrogen-bond donors (Lipinski definition) is 3. The lowest BCUT2D eigenvalue weighted by atomic mass is 10.1. The first-order chi connectivity index (χ1) is 15.5. The molecule has 1 aliphatic carbocycles. The summed E-state index contributed by atoms with van der Waals surface area (Å²) in [4.78, 5) is 32.7. The van der Waals surface area contributed by atoms with Crippen molar-refractivity contribution in [3.63, 3.8) is 0 Å². The molecule has 2 aromatic heterocycles. The first kappa shape index (κ1) is 20.0. The standard InChI is InChI=1S/C24H23N5O3/c1-14-12-21(29-32-14)24(31)26-18-9-6-15(7-10-18)22-27-19-11-8-16(13-20(19)28-22)23(30)25-17-4-2-3-5-17/h6-13,17H,2-5H2,1H3,(H,25,30)(H,26,31)(H,27,28). The van der Waals surface area contributed by atoms with Gasteiger partial charge in [-0.1, -0.05) is 18.0 Å². The number of aryl methyl sites for hydroxylation is 1. The van der Waals surface area contributed by atoms with E-state index in [1.54, 1.807) is 25.1 Å². The Labute approximate surface area is 184 Å². The van der Waals surface area contributed by atoms with Gasteiger partial charge in [-0.2, -0.15) is 0 Å². The predicted octanol–water partition coefficient (Wildman–Crippen LogP) is 4.45. The molecule has 1 fully saturated rings. The molecule has 5 rings (SSSR count). The van der Waals surface area contributed by atoms with E-state index in [9.17, 15) is 9.59 Å². The van der Waals surface area contributed by atoms with Gasteiger partial charge in [0.1, 0.15) is 11.6 Å². The number of anilines is 1. The summed E-state index contributed by atoms with van der Waals surface area (Å²) in [5, 5.41) is 9.62. The second-order valence-electron chi connectivity index (χ2n) is 8.13. The number of hydrogen-bond acceptors (Lipinski definition) is 5. The summed E-state index contributed by atoms with van der Waals surface area (Å²) < 4.78 is 4.94. The van der Waals surface area contributed by atoms with Gasteiger partial charge in [0.2, 0.25) is 0 Å². The van der Waals surface area contributed by atoms with Crippen LogP contribution in [0.3, 0.4) is 0 Å². The molecule has 1 aliphatic rings. The molecule has 0 atom stereocenters. The molecular weight excluding hydrogens is 406 g/mol. The molecule has 162 valence electrons. The number of nitrogens with one attached hydrogen (secondary N) is 3. The number of aromatic nitrogens is 3. The number of H-pyrrole nitrogens is 1. The second kappa shape index (κ2) is 8.30. The average molecular weight is 429 g/mol. The van der Waals surface area contributed by atoms with Crippen molar-refractivity contribution in [2.24, 2.45) is 0 Å². The van der Waals surface area contributed by atoms with Crippen LogP contribution in [0.25, 0.3) is 22.4 Å². The lowest BCUT2D eigenvalue weighted by Crippen LogP contribution is -2.32. The van der Waals surface area contributed by atoms with Gasteiger partial charge in [0.05, 0.1) is 11.0 Å². The summed E-state index contributed by atoms with van der Waals surface area (Å²) in [5.74, 6) is 0.895. The van der Waals surface area contributed by atoms with Gasteiger partial charge in [0.15, 0.2) is 5.69 Å². The summed E-state index contributed by atoms with van der Waals surface area (Å²) in [6.45, 7) is 1.73. The molecule has 3 N–H and O–H groups in total. The zero-order valence-electron chi connectivity index (χ0n) is 17.6. The lowest BCUT2D eigenvalue weighted by Gasteiger charge is -2.11. The Morgan fingerprint density at radius 3 is 2.53 bits per heavy atom. The largest absolute Gasteiger partial charge is 0.361 e. The van der Waals surface area contributed by atoms with E-state index in [-0.39, 0.29) is 23.6 Å². The van der Waals surface area contributed by atoms with Crippen LogP contribution < -0.4 is 10.6 Å². The SMILES string of the molecule is Cc1cc(C(=O)Nc2ccc(-c3nc4ccc(C(=O)NC5CCCC5)cc4[nH]3)cc2)no1. The van der Waals surface area contributed by atoms with Gasteiger partial charge in [-0.25, -0.2) is 4.98 Å². The van der Waals surface area contributed by atoms with E-state index in [0.717, 1.165) is 29.4 Å². The molecule has 1 saturated carbocycles. The summed E-state index contributed by atoms with van der Waals surface area (Å²) in [5.41, 5.74) is 3.96. The molecule has 0 aliphatic heterocycles. The van der Waals surface area contributed by atoms with E-state index < -0.39 is 0 Å². The second-order valence-corrected chi connectivity index (χ2v) is 8.13. The van der Waals surface area contributed by atoms with E-state index >= 15 is 0 Å². The summed E-state index contributed by atoms with van der Waals surface area (Å²) in [6, 6.07) is 14.7. The number of aromatic amines is 1. The van der Waals surface area contributed by atoms with Gasteiger partial charge >= 0.3 is 0 Å². The van der Waals surface area contributed by atoms with Crippen LogP contribution in [0.4, 0.5) is 5.69 Å². The van der Waals surface area contributed by atoms with Crippen molar-refractivity contribution in [1.82, 2.24) is 20.4 Å². The van der Waals surface area contributed by atoms with E-state index in [2.05, 4.69) is 25.8 Å². The zero-order valence-corrected chi connectivity index (χ0v) is 17.6. The quantitative estimate of drug-likeness (QED) is 0.434. The highest BCUT2D eigenvalue weighted by Crippen LogP contribution is 2.24. The fourth-order valence-corrected chi connectivity index (χ4v) is 4.01. The van der Waals surface area contributed by atoms with Gasteiger partial charge in [0, 0.05) is 28.9 Å². The molecule has 32 heavy (non-hydrogen) atoms. The van der Waals surface area contributed by atoms with E-state index in [1.807, 2.05) is 30.3 Å². The molecule has 0 radical (unpaired) electrons. The maximum atomic E-state index is 12.6. The highest BCUT2D eigenvalue weighted by molar-refractivity contribution is 6.03. The highest BCUT2D eigenvalue weighted by Gasteiger charge is 2.18. The maximum absolute atomic E-state index is 12.6. The van der Waals surface area contributed by atoms with Gasteiger partial charge in [-0.05, 0) is 62.2 Å². The topological polar surface area (TPSA) is 113 Å². The number of rotatable bonds is 5. The third kappa shape index (κ3) is 4.12. The number of amides is 2. The minimum absolute atomic E-state index is 0.0441. The van der Waals surface area contributed by atoms with E-state index in [0.29, 0.717) is 22.8 Å². The van der Waals surface area contributed by atoms with Crippen LogP contribution in [0, 0.1) is 6.92 Å². The van der Waals surface area contributed by atoms with Gasteiger partial charge in [0.25, 0.3) is 11.8 Å². The van der Waals surface area contributed by atoms with Crippen LogP contribution in [0.15, 0.2) is 53.1 Å². The Bertz CT molecular complexity index is 1280. The molecule has 0 saturated heterocycles. The van der Waals surface area contributed by atoms with Crippen molar-refractivity contribution in [1.29, 1.82) is 0 Å². The normalized spacial score (nSPS) is 14.0. The number of imidazole rings is 1. The first-order valence-electron chi connectivity index (χ1n) is 10.7. The number of carbonyl (C=O) groups is 2. The van der Waals surface area contributed by atoms with Gasteiger partial charge < -0.3 is 20.1 Å². The molecule has 2 heterocycles. The molecule has 8 nitrogen and oxygen atoms in total. The highest BCUT2D eigenvalue weighted by atomic mass is 16.5. The van der Waals surface area contributed by atoms with Crippen LogP contribution >= 0.6 is 0 Å². The molecule has 0 bridgehead atoms. The maximum Gasteiger partial charge on any atom is 0.277 e. The van der Waals surface area contributed by atoms with Crippen LogP contribution in [0.2, 0.25) is 0 Å². The molecule has 2 amide bonds. The summed E-state index contributed by atoms with van der Waals surface area (Å²) >= 11 is 0. The minimum atomic E-state index is -0.332. The Morgan fingerprint density at radius 2 is 1.81 bits per heavy atom. The average Bonchev–Trinajstić information content (AvgIpc) is 3.54. The van der Waals surface area contributed by atoms with Gasteiger partial charge in [-0.15, -0.1) is 0 Å². The van der Waals surface area contributed by atoms with Gasteiger partial charge in [-0.3, -0.25) is 9.59 Å². The van der Waals surface area contributed by atoms with Crippen molar-refractivity contribution in [2.45, 2.75) is 38.6 Å². The fourth-order valence-electron chi connectivity index (χ4n) is 4.01. The van der Waals surface area contributed by atoms with Crippen molar-refractivity contribution in [2.75, 3.05) is 5.32 Å². The van der Waals surface area contributed by atoms with Crippen molar-refractivity contribution in [3.8, 4) is 11.4 Å². The van der Waals surface area contributed by atoms with E-state index in [4.69, 9.17) is 4.52 Å². The van der Waals surface area contributed by atoms with Crippen LogP contribution in [-0.4, -0.2) is 33.0 Å². The smallest absolute Gasteiger partial charge is 0.277 e. The zero-order chi connectivity index (χ0) is 22.1. The van der Waals surface area contributed by atoms with E-state index in [1.165, 1.54) is 12.8 Å². The van der Waals surface area contributed by atoms with Crippen LogP contribution in [0.1, 0.15) is 52.3 Å². The van der Waals surface area contributed by atoms with Crippen molar-refractivity contribution >= 4 is 28.5 Å². The lowest BCUT2D eigenvalue weighted by molar-refractivity contribution is 0.0937. The monoisotopic (exact) mass is 429 g/mol. The Hall–Kier alpha value is -3.94. The molecule has 0 spiro atoms. The number of benzene rings is 2. The Kier molecular flexibility index (Phi) is 5.18. The summed E-state index contributed by atoms with van der Waals surface area (Å²) in [6.07, 6.45) is 4.46. The Balaban J connectivity index is 1.30. The minimum Gasteiger partial charge on any atom is -0.361 e. The fraction of sp³-hybridized carbons (Fsp3) is 0.250. The third-order valence-electron chi connectivity index (χ3n) is 5.71. The van der Waals surface area contributed by atoms with Crippen molar-refractivity contribution in [3.05, 3.63) is 65.5 Å². The molecule has 4 aromatic rings. The van der Waals surface area contributed by atoms with Crippen LogP contribution in [0.5, 0.6) is 0 Å². The number of nitrogens with zero attached hydrogens (tertiary/aromatic N) is 2. The summed E-state index contributed by atoms with van der Waals surface area (Å²) in [7, 11) is 0. The predicted molar refractivity (Wildman–Crippen MR) is 120 cm³/mol. The van der Waals surface area contributed by atoms with Crippen LogP contribution in [-0.2, 0) is 0 Å². The molecule has 8 heteroatoms.